The second kappa shape index (κ2) is 11.9. The van der Waals surface area contributed by atoms with E-state index in [1.807, 2.05) is 49.4 Å². The van der Waals surface area contributed by atoms with Crippen molar-refractivity contribution in [3.05, 3.63) is 87.0 Å². The molecule has 0 aromatic heterocycles. The molecular formula is C26H23IN2O4. The van der Waals surface area contributed by atoms with Gasteiger partial charge in [0.05, 0.1) is 17.3 Å². The minimum Gasteiger partial charge on any atom is -0.493 e. The van der Waals surface area contributed by atoms with Gasteiger partial charge >= 0.3 is 0 Å². The molecule has 3 rings (SSSR count). The summed E-state index contributed by atoms with van der Waals surface area (Å²) in [5.74, 6) is 1.36. The van der Waals surface area contributed by atoms with Crippen molar-refractivity contribution in [3.8, 4) is 23.3 Å². The number of methoxy groups -OCH3 is 1. The zero-order valence-electron chi connectivity index (χ0n) is 18.3. The maximum Gasteiger partial charge on any atom is 0.266 e. The van der Waals surface area contributed by atoms with Crippen molar-refractivity contribution in [2.75, 3.05) is 19.0 Å². The summed E-state index contributed by atoms with van der Waals surface area (Å²) in [6.07, 6.45) is 1.52. The lowest BCUT2D eigenvalue weighted by molar-refractivity contribution is -0.112. The van der Waals surface area contributed by atoms with Crippen LogP contribution >= 0.6 is 22.6 Å². The average Bonchev–Trinajstić information content (AvgIpc) is 2.84. The third kappa shape index (κ3) is 6.73. The van der Waals surface area contributed by atoms with E-state index >= 15 is 0 Å². The van der Waals surface area contributed by atoms with E-state index in [9.17, 15) is 10.1 Å². The molecule has 0 saturated carbocycles. The zero-order chi connectivity index (χ0) is 23.6. The summed E-state index contributed by atoms with van der Waals surface area (Å²) in [6.45, 7) is 2.85. The molecule has 0 unspecified atom stereocenters. The first kappa shape index (κ1) is 24.1. The normalized spacial score (nSPS) is 10.8. The van der Waals surface area contributed by atoms with E-state index in [0.29, 0.717) is 41.7 Å². The predicted octanol–water partition coefficient (Wildman–Crippen LogP) is 5.82. The smallest absolute Gasteiger partial charge is 0.266 e. The number of nitrogens with zero attached hydrogens (tertiary/aromatic N) is 1. The Kier molecular flexibility index (Phi) is 8.72. The van der Waals surface area contributed by atoms with Crippen molar-refractivity contribution >= 4 is 40.3 Å². The summed E-state index contributed by atoms with van der Waals surface area (Å²) >= 11 is 2.14. The molecule has 3 aromatic carbocycles. The summed E-state index contributed by atoms with van der Waals surface area (Å²) in [5.41, 5.74) is 2.27. The first-order valence-corrected chi connectivity index (χ1v) is 11.3. The Morgan fingerprint density at radius 3 is 2.45 bits per heavy atom. The van der Waals surface area contributed by atoms with Crippen LogP contribution in [0.25, 0.3) is 6.08 Å². The van der Waals surface area contributed by atoms with Crippen LogP contribution in [-0.4, -0.2) is 19.6 Å². The van der Waals surface area contributed by atoms with Crippen LogP contribution in [0.15, 0.2) is 72.3 Å². The number of benzene rings is 3. The van der Waals surface area contributed by atoms with Gasteiger partial charge in [0, 0.05) is 5.69 Å². The highest BCUT2D eigenvalue weighted by molar-refractivity contribution is 14.1. The van der Waals surface area contributed by atoms with Gasteiger partial charge in [0.25, 0.3) is 5.91 Å². The number of hydrogen-bond acceptors (Lipinski definition) is 5. The molecule has 0 atom stereocenters. The van der Waals surface area contributed by atoms with Gasteiger partial charge in [-0.3, -0.25) is 4.79 Å². The standard InChI is InChI=1S/C26H23IN2O4/c1-3-32-25-23(27)14-19(15-24(25)31-2)13-20(16-28)26(30)29-21-9-11-22(12-10-21)33-17-18-7-5-4-6-8-18/h4-15H,3,17H2,1-2H3,(H,29,30)/b20-13+. The van der Waals surface area contributed by atoms with Crippen molar-refractivity contribution in [1.29, 1.82) is 5.26 Å². The number of nitrogens with one attached hydrogen (secondary N) is 1. The Bertz CT molecular complexity index is 1170. The van der Waals surface area contributed by atoms with Gasteiger partial charge < -0.3 is 19.5 Å². The monoisotopic (exact) mass is 554 g/mol. The number of anilines is 1. The molecule has 0 aliphatic carbocycles. The molecule has 0 saturated heterocycles. The van der Waals surface area contributed by atoms with Crippen LogP contribution in [0.2, 0.25) is 0 Å². The molecule has 0 spiro atoms. The molecule has 0 aliphatic rings. The van der Waals surface area contributed by atoms with Crippen molar-refractivity contribution in [1.82, 2.24) is 0 Å². The fraction of sp³-hybridized carbons (Fsp3) is 0.154. The van der Waals surface area contributed by atoms with E-state index < -0.39 is 5.91 Å². The molecule has 1 N–H and O–H groups in total. The Hall–Kier alpha value is -3.51. The van der Waals surface area contributed by atoms with Gasteiger partial charge in [-0.05, 0) is 83.1 Å². The molecule has 3 aromatic rings. The van der Waals surface area contributed by atoms with E-state index in [2.05, 4.69) is 27.9 Å². The number of carbonyl (C=O) groups excluding carboxylic acids is 1. The quantitative estimate of drug-likeness (QED) is 0.205. The van der Waals surface area contributed by atoms with Gasteiger partial charge in [-0.2, -0.15) is 5.26 Å². The van der Waals surface area contributed by atoms with Crippen LogP contribution in [0.1, 0.15) is 18.1 Å². The molecule has 168 valence electrons. The third-order valence-electron chi connectivity index (χ3n) is 4.58. The Morgan fingerprint density at radius 2 is 1.82 bits per heavy atom. The van der Waals surface area contributed by atoms with Crippen LogP contribution in [0.5, 0.6) is 17.2 Å². The number of rotatable bonds is 9. The summed E-state index contributed by atoms with van der Waals surface area (Å²) in [6, 6.07) is 22.4. The molecule has 0 heterocycles. The molecule has 1 amide bonds. The van der Waals surface area contributed by atoms with Gasteiger partial charge in [0.15, 0.2) is 11.5 Å². The Balaban J connectivity index is 1.69. The molecule has 0 bridgehead atoms. The van der Waals surface area contributed by atoms with Crippen molar-refractivity contribution < 1.29 is 19.0 Å². The number of halogens is 1. The zero-order valence-corrected chi connectivity index (χ0v) is 20.5. The van der Waals surface area contributed by atoms with Crippen LogP contribution in [0, 0.1) is 14.9 Å². The maximum absolute atomic E-state index is 12.7. The van der Waals surface area contributed by atoms with Crippen LogP contribution < -0.4 is 19.5 Å². The first-order chi connectivity index (χ1) is 16.0. The molecule has 0 aliphatic heterocycles. The average molecular weight is 554 g/mol. The first-order valence-electron chi connectivity index (χ1n) is 10.2. The highest BCUT2D eigenvalue weighted by Gasteiger charge is 2.14. The molecule has 6 nitrogen and oxygen atoms in total. The highest BCUT2D eigenvalue weighted by Crippen LogP contribution is 2.34. The van der Waals surface area contributed by atoms with Gasteiger partial charge in [0.1, 0.15) is 24.0 Å². The number of hydrogen-bond donors (Lipinski definition) is 1. The summed E-state index contributed by atoms with van der Waals surface area (Å²) in [7, 11) is 1.55. The second-order valence-corrected chi connectivity index (χ2v) is 8.05. The van der Waals surface area contributed by atoms with Gasteiger partial charge in [-0.25, -0.2) is 0 Å². The molecule has 0 radical (unpaired) electrons. The van der Waals surface area contributed by atoms with E-state index in [1.165, 1.54) is 6.08 Å². The minimum absolute atomic E-state index is 0.0265. The third-order valence-corrected chi connectivity index (χ3v) is 5.38. The lowest BCUT2D eigenvalue weighted by Gasteiger charge is -2.12. The summed E-state index contributed by atoms with van der Waals surface area (Å²) in [4.78, 5) is 12.7. The van der Waals surface area contributed by atoms with Crippen molar-refractivity contribution in [2.24, 2.45) is 0 Å². The van der Waals surface area contributed by atoms with Crippen LogP contribution in [-0.2, 0) is 11.4 Å². The lowest BCUT2D eigenvalue weighted by atomic mass is 10.1. The van der Waals surface area contributed by atoms with Crippen LogP contribution in [0.4, 0.5) is 5.69 Å². The number of ether oxygens (including phenoxy) is 3. The molecular weight excluding hydrogens is 531 g/mol. The van der Waals surface area contributed by atoms with E-state index in [-0.39, 0.29) is 5.57 Å². The van der Waals surface area contributed by atoms with E-state index in [1.54, 1.807) is 37.4 Å². The fourth-order valence-corrected chi connectivity index (χ4v) is 3.78. The second-order valence-electron chi connectivity index (χ2n) is 6.89. The topological polar surface area (TPSA) is 80.6 Å². The van der Waals surface area contributed by atoms with Crippen molar-refractivity contribution in [2.45, 2.75) is 13.5 Å². The summed E-state index contributed by atoms with van der Waals surface area (Å²) in [5, 5.41) is 12.3. The van der Waals surface area contributed by atoms with Crippen LogP contribution in [0.3, 0.4) is 0 Å². The maximum atomic E-state index is 12.7. The van der Waals surface area contributed by atoms with Gasteiger partial charge in [-0.15, -0.1) is 0 Å². The minimum atomic E-state index is -0.502. The Morgan fingerprint density at radius 1 is 1.09 bits per heavy atom. The molecule has 33 heavy (non-hydrogen) atoms. The van der Waals surface area contributed by atoms with Crippen molar-refractivity contribution in [3.63, 3.8) is 0 Å². The number of carbonyl (C=O) groups is 1. The number of amides is 1. The van der Waals surface area contributed by atoms with E-state index in [4.69, 9.17) is 14.2 Å². The lowest BCUT2D eigenvalue weighted by Crippen LogP contribution is -2.13. The highest BCUT2D eigenvalue weighted by atomic mass is 127. The predicted molar refractivity (Wildman–Crippen MR) is 136 cm³/mol. The van der Waals surface area contributed by atoms with Gasteiger partial charge in [0.2, 0.25) is 0 Å². The summed E-state index contributed by atoms with van der Waals surface area (Å²) < 4.78 is 17.6. The largest absolute Gasteiger partial charge is 0.493 e. The SMILES string of the molecule is CCOc1c(I)cc(/C=C(\C#N)C(=O)Nc2ccc(OCc3ccccc3)cc2)cc1OC. The molecule has 7 heteroatoms. The number of nitriles is 1. The van der Waals surface area contributed by atoms with Gasteiger partial charge in [-0.1, -0.05) is 30.3 Å². The Labute approximate surface area is 206 Å². The fourth-order valence-electron chi connectivity index (χ4n) is 3.00. The molecule has 0 fully saturated rings. The van der Waals surface area contributed by atoms with E-state index in [0.717, 1.165) is 9.13 Å².